The zero-order valence-electron chi connectivity index (χ0n) is 12.0. The Morgan fingerprint density at radius 3 is 2.52 bits per heavy atom. The Morgan fingerprint density at radius 2 is 1.74 bits per heavy atom. The molecule has 0 aliphatic heterocycles. The molecule has 0 bridgehead atoms. The van der Waals surface area contributed by atoms with E-state index in [1.54, 1.807) is 6.07 Å². The molecule has 0 aliphatic rings. The number of rotatable bonds is 1. The zero-order chi connectivity index (χ0) is 16.1. The number of aryl methyl sites for hydroxylation is 1. The highest BCUT2D eigenvalue weighted by molar-refractivity contribution is 6.34. The van der Waals surface area contributed by atoms with Gasteiger partial charge in [0.2, 0.25) is 0 Å². The first kappa shape index (κ1) is 14.4. The number of hydrogen-bond donors (Lipinski definition) is 1. The van der Waals surface area contributed by atoms with Crippen LogP contribution in [-0.2, 0) is 0 Å². The average molecular weight is 346 g/mol. The van der Waals surface area contributed by atoms with E-state index in [4.69, 9.17) is 23.2 Å². The Kier molecular flexibility index (Phi) is 3.25. The van der Waals surface area contributed by atoms with Crippen LogP contribution in [0.2, 0.25) is 10.2 Å². The molecular formula is C17H10Cl2FN3. The van der Waals surface area contributed by atoms with Crippen LogP contribution >= 0.6 is 23.2 Å². The SMILES string of the molecule is Cc1[nH]c2c(F)cc(Cl)cc2c1-c1nnc(Cl)c2ccccc12. The van der Waals surface area contributed by atoms with Crippen molar-refractivity contribution in [2.45, 2.75) is 6.92 Å². The molecule has 2 aromatic heterocycles. The first-order valence-corrected chi connectivity index (χ1v) is 7.70. The molecular weight excluding hydrogens is 336 g/mol. The fourth-order valence-electron chi connectivity index (χ4n) is 2.91. The summed E-state index contributed by atoms with van der Waals surface area (Å²) in [5, 5.41) is 11.3. The maximum absolute atomic E-state index is 14.2. The molecule has 0 aliphatic carbocycles. The Morgan fingerprint density at radius 1 is 1.00 bits per heavy atom. The van der Waals surface area contributed by atoms with Gasteiger partial charge in [-0.2, -0.15) is 0 Å². The third-order valence-corrected chi connectivity index (χ3v) is 4.39. The first-order chi connectivity index (χ1) is 11.1. The predicted octanol–water partition coefficient (Wildman–Crippen LogP) is 5.53. The van der Waals surface area contributed by atoms with Crippen LogP contribution in [0.1, 0.15) is 5.69 Å². The second-order valence-corrected chi connectivity index (χ2v) is 6.11. The van der Waals surface area contributed by atoms with Crippen molar-refractivity contribution >= 4 is 44.9 Å². The van der Waals surface area contributed by atoms with Crippen LogP contribution in [0.4, 0.5) is 4.39 Å². The highest BCUT2D eigenvalue weighted by atomic mass is 35.5. The quantitative estimate of drug-likeness (QED) is 0.492. The molecule has 6 heteroatoms. The minimum atomic E-state index is -0.395. The van der Waals surface area contributed by atoms with E-state index < -0.39 is 5.82 Å². The summed E-state index contributed by atoms with van der Waals surface area (Å²) in [5.41, 5.74) is 2.63. The van der Waals surface area contributed by atoms with Crippen LogP contribution < -0.4 is 0 Å². The molecule has 1 N–H and O–H groups in total. The largest absolute Gasteiger partial charge is 0.356 e. The Balaban J connectivity index is 2.16. The van der Waals surface area contributed by atoms with Gasteiger partial charge >= 0.3 is 0 Å². The van der Waals surface area contributed by atoms with Gasteiger partial charge in [0.15, 0.2) is 5.15 Å². The molecule has 23 heavy (non-hydrogen) atoms. The number of hydrogen-bond acceptors (Lipinski definition) is 2. The summed E-state index contributed by atoms with van der Waals surface area (Å²) in [6.07, 6.45) is 0. The van der Waals surface area contributed by atoms with Gasteiger partial charge in [-0.3, -0.25) is 0 Å². The van der Waals surface area contributed by atoms with Crippen molar-refractivity contribution in [3.8, 4) is 11.3 Å². The normalized spacial score (nSPS) is 11.5. The molecule has 2 heterocycles. The number of aromatic nitrogens is 3. The van der Waals surface area contributed by atoms with E-state index in [0.29, 0.717) is 26.8 Å². The van der Waals surface area contributed by atoms with Crippen molar-refractivity contribution in [3.05, 3.63) is 58.1 Å². The lowest BCUT2D eigenvalue weighted by Gasteiger charge is -2.06. The van der Waals surface area contributed by atoms with Gasteiger partial charge in [-0.25, -0.2) is 4.39 Å². The van der Waals surface area contributed by atoms with Crippen LogP contribution in [0.25, 0.3) is 32.9 Å². The van der Waals surface area contributed by atoms with Crippen molar-refractivity contribution in [1.29, 1.82) is 0 Å². The fraction of sp³-hybridized carbons (Fsp3) is 0.0588. The highest BCUT2D eigenvalue weighted by Crippen LogP contribution is 2.37. The minimum Gasteiger partial charge on any atom is -0.356 e. The number of halogens is 3. The Labute approximate surface area is 141 Å². The molecule has 0 fully saturated rings. The van der Waals surface area contributed by atoms with Gasteiger partial charge in [0.25, 0.3) is 0 Å². The number of aromatic amines is 1. The average Bonchev–Trinajstić information content (AvgIpc) is 2.85. The van der Waals surface area contributed by atoms with Crippen molar-refractivity contribution in [2.24, 2.45) is 0 Å². The topological polar surface area (TPSA) is 41.6 Å². The van der Waals surface area contributed by atoms with Crippen LogP contribution in [0, 0.1) is 12.7 Å². The van der Waals surface area contributed by atoms with Crippen LogP contribution in [0.5, 0.6) is 0 Å². The zero-order valence-corrected chi connectivity index (χ0v) is 13.5. The van der Waals surface area contributed by atoms with E-state index in [-0.39, 0.29) is 0 Å². The molecule has 0 spiro atoms. The molecule has 4 rings (SSSR count). The van der Waals surface area contributed by atoms with E-state index >= 15 is 0 Å². The smallest absolute Gasteiger partial charge is 0.159 e. The number of H-pyrrole nitrogens is 1. The van der Waals surface area contributed by atoms with E-state index in [9.17, 15) is 4.39 Å². The lowest BCUT2D eigenvalue weighted by atomic mass is 10.0. The molecule has 0 amide bonds. The van der Waals surface area contributed by atoms with Crippen molar-refractivity contribution in [2.75, 3.05) is 0 Å². The van der Waals surface area contributed by atoms with E-state index in [1.165, 1.54) is 6.07 Å². The molecule has 3 nitrogen and oxygen atoms in total. The molecule has 0 saturated heterocycles. The maximum atomic E-state index is 14.2. The minimum absolute atomic E-state index is 0.335. The summed E-state index contributed by atoms with van der Waals surface area (Å²) in [6, 6.07) is 10.6. The summed E-state index contributed by atoms with van der Waals surface area (Å²) in [6.45, 7) is 1.87. The van der Waals surface area contributed by atoms with Crippen LogP contribution in [0.3, 0.4) is 0 Å². The molecule has 0 radical (unpaired) electrons. The van der Waals surface area contributed by atoms with Crippen molar-refractivity contribution in [1.82, 2.24) is 15.2 Å². The summed E-state index contributed by atoms with van der Waals surface area (Å²) < 4.78 is 14.2. The maximum Gasteiger partial charge on any atom is 0.159 e. The molecule has 2 aromatic carbocycles. The highest BCUT2D eigenvalue weighted by Gasteiger charge is 2.18. The van der Waals surface area contributed by atoms with E-state index in [2.05, 4.69) is 15.2 Å². The number of nitrogens with one attached hydrogen (secondary N) is 1. The summed E-state index contributed by atoms with van der Waals surface area (Å²) >= 11 is 12.2. The number of nitrogens with zero attached hydrogens (tertiary/aromatic N) is 2. The van der Waals surface area contributed by atoms with Crippen molar-refractivity contribution < 1.29 is 4.39 Å². The standard InChI is InChI=1S/C17H10Cl2FN3/c1-8-14(12-6-9(18)7-13(20)15(12)21-8)16-10-4-2-3-5-11(10)17(19)23-22-16/h2-7,21H,1H3. The number of benzene rings is 2. The lowest BCUT2D eigenvalue weighted by molar-refractivity contribution is 0.637. The monoisotopic (exact) mass is 345 g/mol. The fourth-order valence-corrected chi connectivity index (χ4v) is 3.32. The lowest BCUT2D eigenvalue weighted by Crippen LogP contribution is -1.92. The van der Waals surface area contributed by atoms with E-state index in [0.717, 1.165) is 22.0 Å². The predicted molar refractivity (Wildman–Crippen MR) is 91.5 cm³/mol. The Bertz CT molecular complexity index is 1070. The van der Waals surface area contributed by atoms with Gasteiger partial charge < -0.3 is 4.98 Å². The molecule has 114 valence electrons. The number of fused-ring (bicyclic) bond motifs is 2. The van der Waals surface area contributed by atoms with Crippen LogP contribution in [0.15, 0.2) is 36.4 Å². The molecule has 0 saturated carbocycles. The van der Waals surface area contributed by atoms with Gasteiger partial charge in [-0.1, -0.05) is 47.5 Å². The molecule has 0 unspecified atom stereocenters. The first-order valence-electron chi connectivity index (χ1n) is 6.95. The van der Waals surface area contributed by atoms with Gasteiger partial charge in [-0.05, 0) is 19.1 Å². The molecule has 4 aromatic rings. The summed E-state index contributed by atoms with van der Waals surface area (Å²) in [4.78, 5) is 3.07. The third kappa shape index (κ3) is 2.18. The third-order valence-electron chi connectivity index (χ3n) is 3.89. The summed E-state index contributed by atoms with van der Waals surface area (Å²) in [7, 11) is 0. The second-order valence-electron chi connectivity index (χ2n) is 5.32. The molecule has 0 atom stereocenters. The Hall–Kier alpha value is -2.17. The van der Waals surface area contributed by atoms with Gasteiger partial charge in [-0.15, -0.1) is 10.2 Å². The van der Waals surface area contributed by atoms with Gasteiger partial charge in [0.05, 0.1) is 5.52 Å². The van der Waals surface area contributed by atoms with Crippen molar-refractivity contribution in [3.63, 3.8) is 0 Å². The van der Waals surface area contributed by atoms with Crippen LogP contribution in [-0.4, -0.2) is 15.2 Å². The van der Waals surface area contributed by atoms with Gasteiger partial charge in [0.1, 0.15) is 11.5 Å². The van der Waals surface area contributed by atoms with E-state index in [1.807, 2.05) is 31.2 Å². The summed E-state index contributed by atoms with van der Waals surface area (Å²) in [5.74, 6) is -0.395. The van der Waals surface area contributed by atoms with Gasteiger partial charge in [0, 0.05) is 32.4 Å². The second kappa shape index (κ2) is 5.18.